The van der Waals surface area contributed by atoms with Gasteiger partial charge in [0.1, 0.15) is 0 Å². The highest BCUT2D eigenvalue weighted by atomic mass is 16.5. The molecule has 0 bridgehead atoms. The fourth-order valence-corrected chi connectivity index (χ4v) is 2.83. The highest BCUT2D eigenvalue weighted by Gasteiger charge is 2.17. The topological polar surface area (TPSA) is 48.0 Å². The molecule has 2 aromatic carbocycles. The summed E-state index contributed by atoms with van der Waals surface area (Å²) in [7, 11) is 3.24. The Hall–Kier alpha value is -2.27. The lowest BCUT2D eigenvalue weighted by molar-refractivity contribution is -0.134. The lowest BCUT2D eigenvalue weighted by Crippen LogP contribution is -2.41. The average molecular weight is 315 g/mol. The molecule has 0 radical (unpaired) electrons. The number of rotatable bonds is 4. The molecule has 1 heterocycles. The Labute approximate surface area is 135 Å². The number of benzene rings is 2. The van der Waals surface area contributed by atoms with E-state index in [1.807, 2.05) is 35.2 Å². The fraction of sp³-hybridized carbons (Fsp3) is 0.389. The first-order chi connectivity index (χ1) is 11.2. The highest BCUT2D eigenvalue weighted by molar-refractivity contribution is 5.88. The zero-order chi connectivity index (χ0) is 16.2. The van der Waals surface area contributed by atoms with Crippen LogP contribution in [0.5, 0.6) is 11.5 Å². The van der Waals surface area contributed by atoms with Crippen molar-refractivity contribution in [3.63, 3.8) is 0 Å². The van der Waals surface area contributed by atoms with Crippen LogP contribution in [0.3, 0.4) is 0 Å². The number of nitrogens with zero attached hydrogens (tertiary/aromatic N) is 1. The van der Waals surface area contributed by atoms with Crippen molar-refractivity contribution >= 4 is 16.7 Å². The van der Waals surface area contributed by atoms with Gasteiger partial charge in [0.2, 0.25) is 5.91 Å². The number of carbonyl (C=O) groups is 1. The van der Waals surface area contributed by atoms with E-state index < -0.39 is 0 Å². The first kappa shape index (κ1) is 15.6. The average Bonchev–Trinajstić information content (AvgIpc) is 2.61. The van der Waals surface area contributed by atoms with Crippen molar-refractivity contribution in [1.82, 2.24) is 4.90 Å². The molecular weight excluding hydrogens is 294 g/mol. The van der Waals surface area contributed by atoms with Gasteiger partial charge in [-0.15, -0.1) is 0 Å². The summed E-state index contributed by atoms with van der Waals surface area (Å²) in [5, 5.41) is 2.10. The second-order valence-corrected chi connectivity index (χ2v) is 5.56. The summed E-state index contributed by atoms with van der Waals surface area (Å²) in [5.74, 6) is 1.54. The maximum atomic E-state index is 12.4. The summed E-state index contributed by atoms with van der Waals surface area (Å²) in [5.41, 5.74) is 1.00. The zero-order valence-electron chi connectivity index (χ0n) is 13.5. The largest absolute Gasteiger partial charge is 0.493 e. The lowest BCUT2D eigenvalue weighted by Gasteiger charge is -2.26. The van der Waals surface area contributed by atoms with Crippen molar-refractivity contribution in [3.8, 4) is 11.5 Å². The van der Waals surface area contributed by atoms with E-state index in [1.165, 1.54) is 0 Å². The van der Waals surface area contributed by atoms with Gasteiger partial charge in [-0.25, -0.2) is 0 Å². The van der Waals surface area contributed by atoms with Crippen LogP contribution in [-0.2, 0) is 16.0 Å². The van der Waals surface area contributed by atoms with E-state index in [4.69, 9.17) is 14.2 Å². The van der Waals surface area contributed by atoms with E-state index >= 15 is 0 Å². The van der Waals surface area contributed by atoms with Crippen molar-refractivity contribution in [2.45, 2.75) is 6.42 Å². The lowest BCUT2D eigenvalue weighted by atomic mass is 10.0. The van der Waals surface area contributed by atoms with Gasteiger partial charge in [-0.2, -0.15) is 0 Å². The third-order valence-corrected chi connectivity index (χ3v) is 4.13. The van der Waals surface area contributed by atoms with Crippen LogP contribution in [0.25, 0.3) is 10.8 Å². The minimum Gasteiger partial charge on any atom is -0.493 e. The molecule has 0 aliphatic carbocycles. The number of fused-ring (bicyclic) bond motifs is 1. The molecular formula is C18H21NO4. The van der Waals surface area contributed by atoms with E-state index in [1.54, 1.807) is 14.2 Å². The van der Waals surface area contributed by atoms with Crippen LogP contribution in [0.4, 0.5) is 0 Å². The molecule has 1 fully saturated rings. The summed E-state index contributed by atoms with van der Waals surface area (Å²) >= 11 is 0. The van der Waals surface area contributed by atoms with Crippen molar-refractivity contribution < 1.29 is 19.0 Å². The number of amides is 1. The summed E-state index contributed by atoms with van der Waals surface area (Å²) in [4.78, 5) is 14.2. The van der Waals surface area contributed by atoms with Crippen LogP contribution in [0.15, 0.2) is 30.3 Å². The smallest absolute Gasteiger partial charge is 0.227 e. The third-order valence-electron chi connectivity index (χ3n) is 4.13. The Bertz CT molecular complexity index is 707. The molecule has 2 aromatic rings. The van der Waals surface area contributed by atoms with Gasteiger partial charge in [0.05, 0.1) is 33.9 Å². The first-order valence-electron chi connectivity index (χ1n) is 7.71. The van der Waals surface area contributed by atoms with Gasteiger partial charge in [-0.3, -0.25) is 4.79 Å². The molecule has 0 aromatic heterocycles. The molecule has 0 saturated carbocycles. The van der Waals surface area contributed by atoms with E-state index in [0.29, 0.717) is 44.2 Å². The molecule has 122 valence electrons. The van der Waals surface area contributed by atoms with E-state index in [2.05, 4.69) is 0 Å². The molecule has 1 saturated heterocycles. The summed E-state index contributed by atoms with van der Waals surface area (Å²) in [6.07, 6.45) is 0.407. The van der Waals surface area contributed by atoms with Crippen molar-refractivity contribution in [3.05, 3.63) is 35.9 Å². The number of hydrogen-bond acceptors (Lipinski definition) is 4. The quantitative estimate of drug-likeness (QED) is 0.868. The van der Waals surface area contributed by atoms with Crippen LogP contribution in [0.2, 0.25) is 0 Å². The number of hydrogen-bond donors (Lipinski definition) is 0. The van der Waals surface area contributed by atoms with E-state index in [9.17, 15) is 4.79 Å². The fourth-order valence-electron chi connectivity index (χ4n) is 2.83. The van der Waals surface area contributed by atoms with Crippen molar-refractivity contribution in [1.29, 1.82) is 0 Å². The Morgan fingerprint density at radius 2 is 1.70 bits per heavy atom. The molecule has 0 unspecified atom stereocenters. The van der Waals surface area contributed by atoms with Gasteiger partial charge in [0, 0.05) is 13.1 Å². The Kier molecular flexibility index (Phi) is 4.67. The minimum atomic E-state index is 0.146. The zero-order valence-corrected chi connectivity index (χ0v) is 13.5. The molecule has 5 heteroatoms. The monoisotopic (exact) mass is 315 g/mol. The SMILES string of the molecule is COc1cc2ccc(CC(=O)N3CCOCC3)cc2cc1OC. The minimum absolute atomic E-state index is 0.146. The molecule has 0 atom stereocenters. The Morgan fingerprint density at radius 3 is 2.35 bits per heavy atom. The number of morpholine rings is 1. The summed E-state index contributed by atoms with van der Waals surface area (Å²) in [6.45, 7) is 2.61. The second kappa shape index (κ2) is 6.87. The molecule has 3 rings (SSSR count). The summed E-state index contributed by atoms with van der Waals surface area (Å²) < 4.78 is 16.0. The van der Waals surface area contributed by atoms with Gasteiger partial charge < -0.3 is 19.1 Å². The van der Waals surface area contributed by atoms with Gasteiger partial charge in [-0.05, 0) is 28.5 Å². The molecule has 23 heavy (non-hydrogen) atoms. The number of ether oxygens (including phenoxy) is 3. The number of methoxy groups -OCH3 is 2. The Morgan fingerprint density at radius 1 is 1.04 bits per heavy atom. The second-order valence-electron chi connectivity index (χ2n) is 5.56. The third kappa shape index (κ3) is 3.40. The van der Waals surface area contributed by atoms with E-state index in [-0.39, 0.29) is 5.91 Å². The maximum absolute atomic E-state index is 12.4. The number of carbonyl (C=O) groups excluding carboxylic acids is 1. The Balaban J connectivity index is 1.83. The van der Waals surface area contributed by atoms with Gasteiger partial charge in [0.15, 0.2) is 11.5 Å². The van der Waals surface area contributed by atoms with Crippen LogP contribution in [0, 0.1) is 0 Å². The first-order valence-corrected chi connectivity index (χ1v) is 7.71. The van der Waals surface area contributed by atoms with Crippen LogP contribution >= 0.6 is 0 Å². The summed E-state index contributed by atoms with van der Waals surface area (Å²) in [6, 6.07) is 9.93. The van der Waals surface area contributed by atoms with Crippen LogP contribution in [0.1, 0.15) is 5.56 Å². The predicted molar refractivity (Wildman–Crippen MR) is 88.2 cm³/mol. The van der Waals surface area contributed by atoms with E-state index in [0.717, 1.165) is 16.3 Å². The van der Waals surface area contributed by atoms with Crippen LogP contribution in [-0.4, -0.2) is 51.3 Å². The van der Waals surface area contributed by atoms with Crippen molar-refractivity contribution in [2.24, 2.45) is 0 Å². The molecule has 5 nitrogen and oxygen atoms in total. The standard InChI is InChI=1S/C18H21NO4/c1-21-16-11-14-4-3-13(9-15(14)12-17(16)22-2)10-18(20)19-5-7-23-8-6-19/h3-4,9,11-12H,5-8,10H2,1-2H3. The maximum Gasteiger partial charge on any atom is 0.227 e. The normalized spacial score (nSPS) is 14.8. The van der Waals surface area contributed by atoms with Gasteiger partial charge in [0.25, 0.3) is 0 Å². The molecule has 0 N–H and O–H groups in total. The van der Waals surface area contributed by atoms with Crippen LogP contribution < -0.4 is 9.47 Å². The molecule has 1 aliphatic heterocycles. The van der Waals surface area contributed by atoms with Gasteiger partial charge in [-0.1, -0.05) is 18.2 Å². The molecule has 1 amide bonds. The molecule has 1 aliphatic rings. The van der Waals surface area contributed by atoms with Crippen molar-refractivity contribution in [2.75, 3.05) is 40.5 Å². The van der Waals surface area contributed by atoms with Gasteiger partial charge >= 0.3 is 0 Å². The molecule has 0 spiro atoms. The highest BCUT2D eigenvalue weighted by Crippen LogP contribution is 2.32. The predicted octanol–water partition coefficient (Wildman–Crippen LogP) is 2.26.